The molecule has 3 aromatic rings. The second kappa shape index (κ2) is 21.1. The predicted molar refractivity (Wildman–Crippen MR) is 177 cm³/mol. The largest absolute Gasteiger partial charge is 0.497 e. The summed E-state index contributed by atoms with van der Waals surface area (Å²) in [6, 6.07) is 24.7. The van der Waals surface area contributed by atoms with Gasteiger partial charge in [-0.2, -0.15) is 0 Å². The Labute approximate surface area is 268 Å². The number of aryl methyl sites for hydroxylation is 1. The number of nitrogens with one attached hydrogen (secondary N) is 2. The van der Waals surface area contributed by atoms with Crippen molar-refractivity contribution >= 4 is 21.8 Å². The van der Waals surface area contributed by atoms with Gasteiger partial charge in [-0.1, -0.05) is 75.4 Å². The second-order valence-electron chi connectivity index (χ2n) is 11.1. The van der Waals surface area contributed by atoms with Gasteiger partial charge in [0.15, 0.2) is 0 Å². The summed E-state index contributed by atoms with van der Waals surface area (Å²) in [5.41, 5.74) is 5.05. The maximum absolute atomic E-state index is 12.1. The number of rotatable bonds is 13. The Morgan fingerprint density at radius 3 is 1.93 bits per heavy atom. The third-order valence-electron chi connectivity index (χ3n) is 6.26. The van der Waals surface area contributed by atoms with E-state index in [1.165, 1.54) is 43.2 Å². The van der Waals surface area contributed by atoms with Crippen LogP contribution in [0.1, 0.15) is 45.6 Å². The average molecular weight is 644 g/mol. The van der Waals surface area contributed by atoms with E-state index in [0.717, 1.165) is 29.9 Å². The molecule has 45 heavy (non-hydrogen) atoms. The van der Waals surface area contributed by atoms with Crippen molar-refractivity contribution in [2.75, 3.05) is 34.4 Å². The number of sulfonamides is 1. The molecule has 11 heteroatoms. The lowest BCUT2D eigenvalue weighted by Gasteiger charge is -2.15. The zero-order valence-electron chi connectivity index (χ0n) is 27.2. The zero-order chi connectivity index (χ0) is 33.8. The molecule has 0 radical (unpaired) electrons. The maximum atomic E-state index is 12.1. The number of hydrogen-bond acceptors (Lipinski definition) is 7. The smallest absolute Gasteiger partial charge is 0.244 e. The average Bonchev–Trinajstić information content (AvgIpc) is 3.03. The summed E-state index contributed by atoms with van der Waals surface area (Å²) >= 11 is 0. The molecule has 0 aromatic heterocycles. The van der Waals surface area contributed by atoms with Crippen LogP contribution in [0.3, 0.4) is 0 Å². The second-order valence-corrected chi connectivity index (χ2v) is 13.3. The van der Waals surface area contributed by atoms with E-state index in [9.17, 15) is 18.0 Å². The van der Waals surface area contributed by atoms with Gasteiger partial charge < -0.3 is 15.2 Å². The Morgan fingerprint density at radius 2 is 1.44 bits per heavy atom. The fraction of sp³-hybridized carbons (Fsp3) is 0.412. The van der Waals surface area contributed by atoms with Crippen molar-refractivity contribution in [3.8, 4) is 16.9 Å². The monoisotopic (exact) mass is 643 g/mol. The Kier molecular flexibility index (Phi) is 18.4. The molecular formula is C34H49N3O7S. The molecule has 1 atom stereocenters. The van der Waals surface area contributed by atoms with Crippen molar-refractivity contribution in [1.29, 1.82) is 0 Å². The molecule has 2 amide bonds. The number of hydrogen-bond donors (Lipinski definition) is 4. The van der Waals surface area contributed by atoms with E-state index in [0.29, 0.717) is 12.2 Å². The molecule has 0 spiro atoms. The SMILES string of the molecule is CC(C)C.COc1ccc(S(=O)(=O)N(C)C)cc1.O=C(C[C@@H](CCCc1ccc(-c2ccccc2)cc1)C(=O)NCCO)NO. The van der Waals surface area contributed by atoms with Crippen molar-refractivity contribution in [1.82, 2.24) is 15.1 Å². The normalized spacial score (nSPS) is 11.4. The minimum absolute atomic E-state index is 0.0826. The van der Waals surface area contributed by atoms with E-state index in [2.05, 4.69) is 62.5 Å². The first-order valence-corrected chi connectivity index (χ1v) is 16.3. The summed E-state index contributed by atoms with van der Waals surface area (Å²) in [5, 5.41) is 20.1. The van der Waals surface area contributed by atoms with Crippen LogP contribution < -0.4 is 15.5 Å². The van der Waals surface area contributed by atoms with Crippen LogP contribution in [0.15, 0.2) is 83.8 Å². The van der Waals surface area contributed by atoms with Gasteiger partial charge in [0.25, 0.3) is 0 Å². The minimum Gasteiger partial charge on any atom is -0.497 e. The third-order valence-corrected chi connectivity index (χ3v) is 8.08. The van der Waals surface area contributed by atoms with Crippen molar-refractivity contribution in [2.45, 2.75) is 51.3 Å². The number of amides is 2. The molecule has 0 aliphatic rings. The number of benzene rings is 3. The van der Waals surface area contributed by atoms with Crippen molar-refractivity contribution in [3.05, 3.63) is 84.4 Å². The Balaban J connectivity index is 0.000000468. The van der Waals surface area contributed by atoms with Crippen LogP contribution in [0.5, 0.6) is 5.75 Å². The van der Waals surface area contributed by atoms with Gasteiger partial charge in [-0.3, -0.25) is 14.8 Å². The molecule has 0 aliphatic carbocycles. The van der Waals surface area contributed by atoms with Crippen LogP contribution in [0, 0.1) is 11.8 Å². The molecule has 0 saturated carbocycles. The highest BCUT2D eigenvalue weighted by Gasteiger charge is 2.21. The van der Waals surface area contributed by atoms with Crippen molar-refractivity contribution in [3.63, 3.8) is 0 Å². The first-order valence-electron chi connectivity index (χ1n) is 14.9. The first-order chi connectivity index (χ1) is 21.3. The molecular weight excluding hydrogens is 594 g/mol. The van der Waals surface area contributed by atoms with E-state index < -0.39 is 21.8 Å². The fourth-order valence-electron chi connectivity index (χ4n) is 3.92. The van der Waals surface area contributed by atoms with Crippen LogP contribution in [-0.2, 0) is 26.0 Å². The molecule has 248 valence electrons. The van der Waals surface area contributed by atoms with Crippen molar-refractivity contribution < 1.29 is 33.1 Å². The number of methoxy groups -OCH3 is 1. The summed E-state index contributed by atoms with van der Waals surface area (Å²) in [6.45, 7) is 6.50. The van der Waals surface area contributed by atoms with Gasteiger partial charge in [-0.15, -0.1) is 0 Å². The van der Waals surface area contributed by atoms with Crippen molar-refractivity contribution in [2.24, 2.45) is 11.8 Å². The molecule has 0 heterocycles. The molecule has 3 rings (SSSR count). The number of carbonyl (C=O) groups is 2. The highest BCUT2D eigenvalue weighted by Crippen LogP contribution is 2.21. The standard InChI is InChI=1S/C21H26N2O4.C9H13NO3S.C4H10/c24-14-13-22-21(26)19(15-20(25)23-27)8-4-5-16-9-11-18(12-10-16)17-6-2-1-3-7-17;1-10(2)14(11,12)9-6-4-8(13-3)5-7-9;1-4(2)3/h1-3,6-7,9-12,19,24,27H,4-5,8,13-15H2,(H,22,26)(H,23,25);4-7H,1-3H3;4H,1-3H3/t19-;;/m1../s1. The van der Waals surface area contributed by atoms with Gasteiger partial charge in [-0.25, -0.2) is 18.2 Å². The molecule has 4 N–H and O–H groups in total. The summed E-state index contributed by atoms with van der Waals surface area (Å²) in [6.07, 6.45) is 1.96. The Morgan fingerprint density at radius 1 is 0.889 bits per heavy atom. The lowest BCUT2D eigenvalue weighted by Crippen LogP contribution is -2.35. The van der Waals surface area contributed by atoms with E-state index in [1.807, 2.05) is 18.2 Å². The number of nitrogens with zero attached hydrogens (tertiary/aromatic N) is 1. The molecule has 0 aliphatic heterocycles. The van der Waals surface area contributed by atoms with E-state index in [4.69, 9.17) is 15.1 Å². The number of ether oxygens (including phenoxy) is 1. The van der Waals surface area contributed by atoms with Crippen LogP contribution in [0.4, 0.5) is 0 Å². The maximum Gasteiger partial charge on any atom is 0.244 e. The third kappa shape index (κ3) is 15.2. The lowest BCUT2D eigenvalue weighted by atomic mass is 9.95. The molecule has 0 saturated heterocycles. The summed E-state index contributed by atoms with van der Waals surface area (Å²) in [4.78, 5) is 23.8. The topological polar surface area (TPSA) is 145 Å². The quantitative estimate of drug-likeness (QED) is 0.153. The van der Waals surface area contributed by atoms with E-state index >= 15 is 0 Å². The highest BCUT2D eigenvalue weighted by atomic mass is 32.2. The van der Waals surface area contributed by atoms with Gasteiger partial charge in [0.05, 0.1) is 18.6 Å². The predicted octanol–water partition coefficient (Wildman–Crippen LogP) is 4.90. The Bertz CT molecular complexity index is 1360. The van der Waals surface area contributed by atoms with Crippen LogP contribution in [0.25, 0.3) is 11.1 Å². The summed E-state index contributed by atoms with van der Waals surface area (Å²) < 4.78 is 29.3. The summed E-state index contributed by atoms with van der Waals surface area (Å²) in [5.74, 6) is 0.0634. The number of aliphatic hydroxyl groups excluding tert-OH is 1. The van der Waals surface area contributed by atoms with Gasteiger partial charge in [0, 0.05) is 33.0 Å². The van der Waals surface area contributed by atoms with Crippen LogP contribution >= 0.6 is 0 Å². The molecule has 0 unspecified atom stereocenters. The molecule has 0 bridgehead atoms. The lowest BCUT2D eigenvalue weighted by molar-refractivity contribution is -0.135. The van der Waals surface area contributed by atoms with Gasteiger partial charge in [0.2, 0.25) is 21.8 Å². The van der Waals surface area contributed by atoms with Gasteiger partial charge in [0.1, 0.15) is 5.75 Å². The Hall–Kier alpha value is -3.77. The van der Waals surface area contributed by atoms with Gasteiger partial charge >= 0.3 is 0 Å². The zero-order valence-corrected chi connectivity index (χ0v) is 28.0. The minimum atomic E-state index is -3.32. The van der Waals surface area contributed by atoms with E-state index in [-0.39, 0.29) is 30.4 Å². The van der Waals surface area contributed by atoms with E-state index in [1.54, 1.807) is 17.6 Å². The highest BCUT2D eigenvalue weighted by molar-refractivity contribution is 7.89. The summed E-state index contributed by atoms with van der Waals surface area (Å²) in [7, 11) is 1.21. The first kappa shape index (κ1) is 39.3. The number of carbonyl (C=O) groups excluding carboxylic acids is 2. The van der Waals surface area contributed by atoms with Crippen LogP contribution in [0.2, 0.25) is 0 Å². The van der Waals surface area contributed by atoms with Crippen LogP contribution in [-0.4, -0.2) is 69.2 Å². The molecule has 10 nitrogen and oxygen atoms in total. The fourth-order valence-corrected chi connectivity index (χ4v) is 4.83. The number of hydroxylamine groups is 1. The molecule has 0 fully saturated rings. The number of aliphatic hydroxyl groups is 1. The van der Waals surface area contributed by atoms with Gasteiger partial charge in [-0.05, 0) is 66.1 Å². The molecule has 3 aromatic carbocycles.